The molecule has 0 spiro atoms. The third-order valence-corrected chi connectivity index (χ3v) is 3.21. The van der Waals surface area contributed by atoms with Crippen LogP contribution in [0, 0.1) is 0 Å². The van der Waals surface area contributed by atoms with Crippen LogP contribution in [0.4, 0.5) is 0 Å². The minimum absolute atomic E-state index is 0.102. The minimum Gasteiger partial charge on any atom is -0.375 e. The van der Waals surface area contributed by atoms with Gasteiger partial charge in [-0.3, -0.25) is 9.59 Å². The monoisotopic (exact) mass is 362 g/mol. The van der Waals surface area contributed by atoms with Crippen molar-refractivity contribution in [3.8, 4) is 0 Å². The predicted octanol–water partition coefficient (Wildman–Crippen LogP) is 0.911. The van der Waals surface area contributed by atoms with E-state index in [2.05, 4.69) is 27.9 Å². The predicted molar refractivity (Wildman–Crippen MR) is 76.1 cm³/mol. The Hall–Kier alpha value is -1.15. The largest absolute Gasteiger partial charge is 0.375 e. The Bertz CT molecular complexity index is 420. The molecule has 0 aliphatic rings. The Morgan fingerprint density at radius 1 is 1.39 bits per heavy atom. The number of methoxy groups -OCH3 is 1. The van der Waals surface area contributed by atoms with Crippen LogP contribution in [0.5, 0.6) is 0 Å². The van der Waals surface area contributed by atoms with E-state index in [0.717, 1.165) is 9.99 Å². The summed E-state index contributed by atoms with van der Waals surface area (Å²) in [7, 11) is 1.41. The van der Waals surface area contributed by atoms with Crippen LogP contribution < -0.4 is 11.1 Å². The fourth-order valence-electron chi connectivity index (χ4n) is 1.45. The Morgan fingerprint density at radius 3 is 2.44 bits per heavy atom. The average Bonchev–Trinajstić information content (AvgIpc) is 2.36. The van der Waals surface area contributed by atoms with Gasteiger partial charge < -0.3 is 15.8 Å². The van der Waals surface area contributed by atoms with E-state index in [9.17, 15) is 9.59 Å². The summed E-state index contributed by atoms with van der Waals surface area (Å²) in [5, 5.41) is 2.53. The summed E-state index contributed by atoms with van der Waals surface area (Å²) in [5.41, 5.74) is 7.10. The van der Waals surface area contributed by atoms with Crippen LogP contribution in [0.15, 0.2) is 24.3 Å². The van der Waals surface area contributed by atoms with Gasteiger partial charge in [-0.1, -0.05) is 46.9 Å². The Balaban J connectivity index is 2.83. The summed E-state index contributed by atoms with van der Waals surface area (Å²) in [6, 6.07) is 6.56. The Kier molecular flexibility index (Phi) is 6.06. The zero-order valence-electron chi connectivity index (χ0n) is 9.98. The molecule has 0 aromatic heterocycles. The van der Waals surface area contributed by atoms with E-state index in [1.165, 1.54) is 7.11 Å². The van der Waals surface area contributed by atoms with E-state index in [0.29, 0.717) is 5.56 Å². The van der Waals surface area contributed by atoms with Crippen LogP contribution in [0.3, 0.4) is 0 Å². The first kappa shape index (κ1) is 14.9. The number of hydrogen-bond donors (Lipinski definition) is 2. The van der Waals surface area contributed by atoms with Crippen molar-refractivity contribution in [1.82, 2.24) is 5.32 Å². The van der Waals surface area contributed by atoms with Crippen LogP contribution in [-0.2, 0) is 18.8 Å². The number of carbonyl (C=O) groups excluding carboxylic acids is 2. The van der Waals surface area contributed by atoms with Crippen molar-refractivity contribution in [2.75, 3.05) is 13.7 Å². The lowest BCUT2D eigenvalue weighted by Gasteiger charge is -2.15. The zero-order chi connectivity index (χ0) is 13.5. The summed E-state index contributed by atoms with van der Waals surface area (Å²) >= 11 is 2.25. The van der Waals surface area contributed by atoms with Gasteiger partial charge >= 0.3 is 0 Å². The lowest BCUT2D eigenvalue weighted by atomic mass is 10.0. The second-order valence-corrected chi connectivity index (χ2v) is 4.47. The van der Waals surface area contributed by atoms with E-state index in [4.69, 9.17) is 10.5 Å². The van der Waals surface area contributed by atoms with E-state index in [1.807, 2.05) is 12.1 Å². The van der Waals surface area contributed by atoms with Gasteiger partial charge in [0.15, 0.2) is 0 Å². The van der Waals surface area contributed by atoms with Gasteiger partial charge in [-0.25, -0.2) is 0 Å². The normalized spacial score (nSPS) is 11.9. The number of halogens is 1. The number of hydrogen-bond acceptors (Lipinski definition) is 3. The van der Waals surface area contributed by atoms with Crippen LogP contribution in [0.2, 0.25) is 0 Å². The second kappa shape index (κ2) is 7.32. The van der Waals surface area contributed by atoms with Gasteiger partial charge in [-0.15, -0.1) is 0 Å². The van der Waals surface area contributed by atoms with Gasteiger partial charge in [0, 0.05) is 11.5 Å². The van der Waals surface area contributed by atoms with Crippen molar-refractivity contribution in [2.24, 2.45) is 5.73 Å². The van der Waals surface area contributed by atoms with Gasteiger partial charge in [0.2, 0.25) is 11.8 Å². The molecule has 3 N–H and O–H groups in total. The summed E-state index contributed by atoms with van der Waals surface area (Å²) < 4.78 is 5.58. The van der Waals surface area contributed by atoms with Crippen molar-refractivity contribution >= 4 is 34.4 Å². The van der Waals surface area contributed by atoms with Crippen LogP contribution in [0.25, 0.3) is 0 Å². The molecule has 18 heavy (non-hydrogen) atoms. The third kappa shape index (κ3) is 4.26. The summed E-state index contributed by atoms with van der Waals surface area (Å²) in [4.78, 5) is 22.8. The smallest absolute Gasteiger partial charge is 0.246 e. The SMILES string of the molecule is COCC(=O)N[C@H](C(N)=O)c1ccc(CI)cc1. The first-order valence-corrected chi connectivity index (χ1v) is 6.83. The molecule has 0 unspecified atom stereocenters. The van der Waals surface area contributed by atoms with Crippen molar-refractivity contribution in [3.05, 3.63) is 35.4 Å². The van der Waals surface area contributed by atoms with Crippen LogP contribution >= 0.6 is 22.6 Å². The topological polar surface area (TPSA) is 81.4 Å². The molecule has 98 valence electrons. The number of rotatable bonds is 6. The molecular weight excluding hydrogens is 347 g/mol. The lowest BCUT2D eigenvalue weighted by Crippen LogP contribution is -2.39. The first-order valence-electron chi connectivity index (χ1n) is 5.31. The number of primary amides is 1. The number of amides is 2. The molecule has 0 aliphatic carbocycles. The first-order chi connectivity index (χ1) is 8.58. The number of alkyl halides is 1. The van der Waals surface area contributed by atoms with Gasteiger partial charge in [0.25, 0.3) is 0 Å². The Labute approximate surface area is 119 Å². The lowest BCUT2D eigenvalue weighted by molar-refractivity contribution is -0.129. The molecule has 0 fully saturated rings. The zero-order valence-corrected chi connectivity index (χ0v) is 12.1. The van der Waals surface area contributed by atoms with Crippen LogP contribution in [-0.4, -0.2) is 25.5 Å². The van der Waals surface area contributed by atoms with E-state index in [1.54, 1.807) is 12.1 Å². The van der Waals surface area contributed by atoms with Gasteiger partial charge in [-0.2, -0.15) is 0 Å². The number of nitrogens with one attached hydrogen (secondary N) is 1. The highest BCUT2D eigenvalue weighted by molar-refractivity contribution is 14.1. The summed E-state index contributed by atoms with van der Waals surface area (Å²) in [6.45, 7) is -0.102. The minimum atomic E-state index is -0.823. The van der Waals surface area contributed by atoms with Crippen LogP contribution in [0.1, 0.15) is 17.2 Å². The van der Waals surface area contributed by atoms with Gasteiger partial charge in [0.05, 0.1) is 0 Å². The fourth-order valence-corrected chi connectivity index (χ4v) is 1.96. The quantitative estimate of drug-likeness (QED) is 0.583. The van der Waals surface area contributed by atoms with E-state index < -0.39 is 11.9 Å². The third-order valence-electron chi connectivity index (χ3n) is 2.33. The second-order valence-electron chi connectivity index (χ2n) is 3.71. The van der Waals surface area contributed by atoms with Crippen molar-refractivity contribution in [2.45, 2.75) is 10.5 Å². The molecule has 2 amide bonds. The standard InChI is InChI=1S/C12H15IN2O3/c1-18-7-10(16)15-11(12(14)17)9-4-2-8(6-13)3-5-9/h2-5,11H,6-7H2,1H3,(H2,14,17)(H,15,16)/t11-/m0/s1. The molecule has 0 heterocycles. The Morgan fingerprint density at radius 2 is 2.00 bits per heavy atom. The van der Waals surface area contributed by atoms with E-state index >= 15 is 0 Å². The maximum atomic E-state index is 11.4. The number of nitrogens with two attached hydrogens (primary N) is 1. The molecule has 5 nitrogen and oxygen atoms in total. The van der Waals surface area contributed by atoms with Gasteiger partial charge in [-0.05, 0) is 11.1 Å². The number of ether oxygens (including phenoxy) is 1. The van der Waals surface area contributed by atoms with Crippen molar-refractivity contribution < 1.29 is 14.3 Å². The number of carbonyl (C=O) groups is 2. The molecule has 1 aromatic rings. The average molecular weight is 362 g/mol. The number of benzene rings is 1. The highest BCUT2D eigenvalue weighted by atomic mass is 127. The summed E-state index contributed by atoms with van der Waals surface area (Å²) in [5.74, 6) is -0.971. The molecule has 1 rings (SSSR count). The molecule has 0 bridgehead atoms. The molecule has 6 heteroatoms. The highest BCUT2D eigenvalue weighted by Gasteiger charge is 2.19. The molecule has 1 atom stereocenters. The maximum absolute atomic E-state index is 11.4. The van der Waals surface area contributed by atoms with Crippen molar-refractivity contribution in [1.29, 1.82) is 0 Å². The molecular formula is C12H15IN2O3. The maximum Gasteiger partial charge on any atom is 0.246 e. The highest BCUT2D eigenvalue weighted by Crippen LogP contribution is 2.15. The summed E-state index contributed by atoms with van der Waals surface area (Å²) in [6.07, 6.45) is 0. The molecule has 0 radical (unpaired) electrons. The van der Waals surface area contributed by atoms with E-state index in [-0.39, 0.29) is 12.5 Å². The van der Waals surface area contributed by atoms with Gasteiger partial charge in [0.1, 0.15) is 12.6 Å². The molecule has 0 aliphatic heterocycles. The molecule has 0 saturated heterocycles. The molecule has 1 aromatic carbocycles. The fraction of sp³-hybridized carbons (Fsp3) is 0.333. The molecule has 0 saturated carbocycles. The van der Waals surface area contributed by atoms with Crippen molar-refractivity contribution in [3.63, 3.8) is 0 Å².